The Morgan fingerprint density at radius 3 is 2.48 bits per heavy atom. The fourth-order valence-electron chi connectivity index (χ4n) is 8.45. The number of methoxy groups -OCH3 is 1. The van der Waals surface area contributed by atoms with Crippen molar-refractivity contribution in [1.82, 2.24) is 9.80 Å². The second-order valence-corrected chi connectivity index (χ2v) is 12.4. The number of primary amides is 1. The van der Waals surface area contributed by atoms with E-state index in [0.29, 0.717) is 23.1 Å². The Bertz CT molecular complexity index is 1370. The molecule has 0 spiro atoms. The molecule has 4 N–H and O–H groups in total. The van der Waals surface area contributed by atoms with E-state index in [1.54, 1.807) is 20.2 Å². The van der Waals surface area contributed by atoms with Crippen LogP contribution >= 0.6 is 0 Å². The molecule has 1 aromatic rings. The van der Waals surface area contributed by atoms with Gasteiger partial charge >= 0.3 is 0 Å². The molecule has 1 aromatic carbocycles. The maximum atomic E-state index is 14.0. The highest BCUT2D eigenvalue weighted by atomic mass is 16.5. The van der Waals surface area contributed by atoms with E-state index < -0.39 is 64.4 Å². The minimum absolute atomic E-state index is 0.00719. The number of fused-ring (bicyclic) bond motifs is 4. The van der Waals surface area contributed by atoms with Gasteiger partial charge in [-0.25, -0.2) is 0 Å². The lowest BCUT2D eigenvalue weighted by molar-refractivity contribution is -0.181. The van der Waals surface area contributed by atoms with Gasteiger partial charge in [-0.15, -0.1) is 0 Å². The number of phenolic OH excluding ortho intramolecular Hbond substituents is 1. The van der Waals surface area contributed by atoms with Crippen molar-refractivity contribution in [3.63, 3.8) is 0 Å². The summed E-state index contributed by atoms with van der Waals surface area (Å²) in [6.07, 6.45) is 1.29. The number of aromatic hydroxyl groups is 1. The third-order valence-corrected chi connectivity index (χ3v) is 10.2. The molecule has 214 valence electrons. The Morgan fingerprint density at radius 1 is 1.18 bits per heavy atom. The number of likely N-dealkylation sites (tertiary alicyclic amines) is 1. The molecule has 11 heteroatoms. The van der Waals surface area contributed by atoms with E-state index in [0.717, 1.165) is 25.1 Å². The topological polar surface area (TPSA) is 168 Å². The molecule has 9 atom stereocenters. The first-order chi connectivity index (χ1) is 18.9. The van der Waals surface area contributed by atoms with Gasteiger partial charge in [-0.1, -0.05) is 6.92 Å². The maximum absolute atomic E-state index is 14.0. The quantitative estimate of drug-likeness (QED) is 0.419. The first kappa shape index (κ1) is 27.0. The highest BCUT2D eigenvalue weighted by Crippen LogP contribution is 2.60. The van der Waals surface area contributed by atoms with Gasteiger partial charge < -0.3 is 20.7 Å². The van der Waals surface area contributed by atoms with Gasteiger partial charge in [0.15, 0.2) is 34.7 Å². The summed E-state index contributed by atoms with van der Waals surface area (Å²) < 4.78 is 5.89. The third-order valence-electron chi connectivity index (χ3n) is 10.2. The van der Waals surface area contributed by atoms with Gasteiger partial charge in [0.1, 0.15) is 11.5 Å². The molecule has 9 unspecified atom stereocenters. The van der Waals surface area contributed by atoms with Gasteiger partial charge in [-0.05, 0) is 63.7 Å². The van der Waals surface area contributed by atoms with E-state index in [1.807, 2.05) is 0 Å². The SMILES string of the molecule is CCN1CC2CC2C1c1cc(O)c2c(c1OC)CC1CC3C(N(C)C)C(=O)C(C(N)=O)C(=O)C3(O)C(=O)C1C2=O. The van der Waals surface area contributed by atoms with Gasteiger partial charge in [0, 0.05) is 29.6 Å². The van der Waals surface area contributed by atoms with Gasteiger partial charge in [0.25, 0.3) is 0 Å². The summed E-state index contributed by atoms with van der Waals surface area (Å²) in [6.45, 7) is 3.88. The number of amides is 1. The number of carbonyl (C=O) groups is 5. The number of nitrogens with two attached hydrogens (primary N) is 1. The lowest BCUT2D eigenvalue weighted by Crippen LogP contribution is -2.74. The number of ether oxygens (including phenoxy) is 1. The highest BCUT2D eigenvalue weighted by molar-refractivity contribution is 6.32. The first-order valence-electron chi connectivity index (χ1n) is 13.9. The number of aliphatic hydroxyl groups is 1. The fraction of sp³-hybridized carbons (Fsp3) is 0.621. The standard InChI is InChI=1S/C29H35N3O8/c1-5-32-10-12-7-13(12)21(32)15-9-17(33)19-14(25(15)40-4)6-11-8-16-22(31(2)3)24(35)20(28(30)38)27(37)29(16,39)26(36)18(11)23(19)34/h9,11-13,16,18,20-22,33,39H,5-8,10H2,1-4H3,(H2,30,38). The van der Waals surface area contributed by atoms with Crippen molar-refractivity contribution in [2.75, 3.05) is 34.3 Å². The molecule has 0 aromatic heterocycles. The second-order valence-electron chi connectivity index (χ2n) is 12.4. The van der Waals surface area contributed by atoms with Crippen LogP contribution in [0.4, 0.5) is 0 Å². The zero-order chi connectivity index (χ0) is 29.0. The average molecular weight is 554 g/mol. The minimum Gasteiger partial charge on any atom is -0.507 e. The van der Waals surface area contributed by atoms with Crippen LogP contribution in [0.3, 0.4) is 0 Å². The van der Waals surface area contributed by atoms with Crippen LogP contribution in [-0.4, -0.2) is 95.0 Å². The van der Waals surface area contributed by atoms with E-state index in [1.165, 1.54) is 12.0 Å². The summed E-state index contributed by atoms with van der Waals surface area (Å²) >= 11 is 0. The van der Waals surface area contributed by atoms with Crippen LogP contribution in [0.1, 0.15) is 47.3 Å². The third kappa shape index (κ3) is 3.37. The van der Waals surface area contributed by atoms with Crippen molar-refractivity contribution < 1.29 is 38.9 Å². The molecule has 1 heterocycles. The number of benzene rings is 1. The number of carbonyl (C=O) groups excluding carboxylic acids is 5. The van der Waals surface area contributed by atoms with Crippen LogP contribution in [0.5, 0.6) is 11.5 Å². The molecule has 1 aliphatic heterocycles. The van der Waals surface area contributed by atoms with Crippen LogP contribution < -0.4 is 10.5 Å². The Morgan fingerprint density at radius 2 is 1.88 bits per heavy atom. The molecule has 0 radical (unpaired) electrons. The molecule has 1 amide bonds. The lowest BCUT2D eigenvalue weighted by Gasteiger charge is -2.52. The Balaban J connectivity index is 1.47. The summed E-state index contributed by atoms with van der Waals surface area (Å²) in [7, 11) is 4.65. The molecule has 5 aliphatic rings. The number of piperidine rings is 1. The van der Waals surface area contributed by atoms with Gasteiger partial charge in [-0.3, -0.25) is 33.8 Å². The summed E-state index contributed by atoms with van der Waals surface area (Å²) in [4.78, 5) is 70.5. The predicted molar refractivity (Wildman–Crippen MR) is 139 cm³/mol. The largest absolute Gasteiger partial charge is 0.507 e. The molecule has 4 aliphatic carbocycles. The Labute approximate surface area is 231 Å². The van der Waals surface area contributed by atoms with E-state index >= 15 is 0 Å². The Kier molecular flexibility index (Phi) is 6.03. The van der Waals surface area contributed by atoms with Gasteiger partial charge in [0.2, 0.25) is 5.91 Å². The van der Waals surface area contributed by atoms with Crippen molar-refractivity contribution in [3.8, 4) is 11.5 Å². The molecule has 1 saturated heterocycles. The zero-order valence-corrected chi connectivity index (χ0v) is 23.0. The van der Waals surface area contributed by atoms with E-state index in [4.69, 9.17) is 10.5 Å². The van der Waals surface area contributed by atoms with E-state index in [9.17, 15) is 34.2 Å². The van der Waals surface area contributed by atoms with Crippen LogP contribution in [-0.2, 0) is 25.6 Å². The number of nitrogens with zero attached hydrogens (tertiary/aromatic N) is 2. The molecule has 40 heavy (non-hydrogen) atoms. The molecule has 6 rings (SSSR count). The van der Waals surface area contributed by atoms with Crippen LogP contribution in [0.25, 0.3) is 0 Å². The van der Waals surface area contributed by atoms with Crippen LogP contribution in [0, 0.1) is 35.5 Å². The summed E-state index contributed by atoms with van der Waals surface area (Å²) in [5.41, 5.74) is 3.92. The first-order valence-corrected chi connectivity index (χ1v) is 13.9. The number of rotatable bonds is 5. The monoisotopic (exact) mass is 553 g/mol. The molecule has 0 bridgehead atoms. The normalized spacial score (nSPS) is 38.5. The molecule has 4 fully saturated rings. The number of hydrogen-bond donors (Lipinski definition) is 3. The summed E-state index contributed by atoms with van der Waals surface area (Å²) in [6, 6.07) is 0.473. The molecular weight excluding hydrogens is 518 g/mol. The Hall–Kier alpha value is -3.15. The predicted octanol–water partition coefficient (Wildman–Crippen LogP) is -0.112. The molecule has 11 nitrogen and oxygen atoms in total. The number of Topliss-reactive ketones (excluding diaryl/α,β-unsaturated/α-hetero) is 4. The fourth-order valence-corrected chi connectivity index (χ4v) is 8.45. The molecular formula is C29H35N3O8. The molecule has 3 saturated carbocycles. The van der Waals surface area contributed by atoms with Crippen molar-refractivity contribution >= 4 is 29.0 Å². The van der Waals surface area contributed by atoms with Crippen molar-refractivity contribution in [2.24, 2.45) is 41.2 Å². The summed E-state index contributed by atoms with van der Waals surface area (Å²) in [5, 5.41) is 22.9. The van der Waals surface area contributed by atoms with Crippen LogP contribution in [0.15, 0.2) is 6.07 Å². The minimum atomic E-state index is -2.73. The van der Waals surface area contributed by atoms with Crippen LogP contribution in [0.2, 0.25) is 0 Å². The number of ketones is 4. The number of phenols is 1. The van der Waals surface area contributed by atoms with Crippen molar-refractivity contribution in [1.29, 1.82) is 0 Å². The smallest absolute Gasteiger partial charge is 0.235 e. The van der Waals surface area contributed by atoms with Crippen molar-refractivity contribution in [3.05, 3.63) is 22.8 Å². The number of likely N-dealkylation sites (N-methyl/N-ethyl adjacent to an activating group) is 1. The highest BCUT2D eigenvalue weighted by Gasteiger charge is 2.69. The van der Waals surface area contributed by atoms with Gasteiger partial charge in [-0.2, -0.15) is 0 Å². The second kappa shape index (κ2) is 8.92. The average Bonchev–Trinajstić information content (AvgIpc) is 3.55. The van der Waals surface area contributed by atoms with E-state index in [-0.39, 0.29) is 30.2 Å². The van der Waals surface area contributed by atoms with E-state index in [2.05, 4.69) is 11.8 Å². The van der Waals surface area contributed by atoms with Crippen molar-refractivity contribution in [2.45, 2.75) is 43.9 Å². The van der Waals surface area contributed by atoms with Gasteiger partial charge in [0.05, 0.1) is 24.6 Å². The number of hydrogen-bond acceptors (Lipinski definition) is 10. The summed E-state index contributed by atoms with van der Waals surface area (Å²) in [5.74, 6) is -8.95. The lowest BCUT2D eigenvalue weighted by atomic mass is 9.52. The zero-order valence-electron chi connectivity index (χ0n) is 23.0. The maximum Gasteiger partial charge on any atom is 0.235 e.